The van der Waals surface area contributed by atoms with Gasteiger partial charge in [0.05, 0.1) is 11.1 Å². The number of aromatic nitrogens is 8. The molecule has 0 aliphatic heterocycles. The van der Waals surface area contributed by atoms with Crippen LogP contribution in [0.3, 0.4) is 0 Å². The molecule has 6 heterocycles. The predicted octanol–water partition coefficient (Wildman–Crippen LogP) is 23.7. The van der Waals surface area contributed by atoms with Gasteiger partial charge in [-0.25, -0.2) is 19.9 Å². The minimum atomic E-state index is -1.73. The largest absolute Gasteiger partial charge is 0.489 e. The Kier molecular flexibility index (Phi) is 43.8. The molecule has 0 aliphatic carbocycles. The van der Waals surface area contributed by atoms with Gasteiger partial charge in [0.2, 0.25) is 0 Å². The molecule has 0 amide bonds. The van der Waals surface area contributed by atoms with E-state index in [9.17, 15) is 10.0 Å². The van der Waals surface area contributed by atoms with Crippen molar-refractivity contribution >= 4 is 166 Å². The van der Waals surface area contributed by atoms with E-state index in [-0.39, 0.29) is 27.8 Å². The van der Waals surface area contributed by atoms with Crippen LogP contribution in [-0.4, -0.2) is 93.1 Å². The summed E-state index contributed by atoms with van der Waals surface area (Å²) < 4.78 is 17.8. The summed E-state index contributed by atoms with van der Waals surface area (Å²) in [6.07, 6.45) is 14.8. The van der Waals surface area contributed by atoms with Crippen molar-refractivity contribution in [2.75, 3.05) is 13.2 Å². The molecule has 0 aliphatic rings. The first-order chi connectivity index (χ1) is 65.1. The number of aromatic amines is 1. The Hall–Kier alpha value is -10.3. The van der Waals surface area contributed by atoms with Gasteiger partial charge in [0, 0.05) is 85.5 Å². The zero-order valence-electron chi connectivity index (χ0n) is 79.4. The van der Waals surface area contributed by atoms with E-state index in [1.165, 1.54) is 82.1 Å². The number of fused-ring (bicyclic) bond motifs is 2. The maximum atomic E-state index is 9.28. The molecule has 18 rings (SSSR count). The minimum absolute atomic E-state index is 0. The molecule has 136 heavy (non-hydrogen) atoms. The van der Waals surface area contributed by atoms with Crippen LogP contribution in [0.15, 0.2) is 438 Å². The molecule has 0 unspecified atom stereocenters. The molecule has 0 fully saturated rings. The standard InChI is InChI=1S/4C18H15P.C16H22N4OSi.C13H26BNO2Si.C12H18ClN3OSi.CH4.Pd/c4*1-4-10-16(11-5-1)19(17-12-6-2-7-13-17)18-14-8-3-9-15-18;1-22(2,3)9-8-21-12-20-7-5-14-15(13-4-6-17-10-13)18-11-19-16(14)20;1-10(2)18(11(3)4,12(5)6)15-8-7-13(9-15)14(16)17;1-18(2,3)7-6-17-9-16-5-4-10-11(13)14-8-15-12(10)16;;/h4*1-15H;4-7,10-11,17H,8-9,12H2,1-3H3;7-12,16-17H,1-6H3;4-5,8H,6-7,9H2,1-3H3;1H4;. The second kappa shape index (κ2) is 55.3. The fourth-order valence-corrected chi connectivity index (χ4v) is 33.8. The molecule has 0 bridgehead atoms. The number of hydrogen-bond acceptors (Lipinski definition) is 8. The van der Waals surface area contributed by atoms with E-state index in [2.05, 4.69) is 480 Å². The molecular weight excluding hydrogens is 1910 g/mol. The zero-order valence-corrected chi connectivity index (χ0v) is 88.3. The molecule has 0 radical (unpaired) electrons. The van der Waals surface area contributed by atoms with Crippen LogP contribution in [-0.2, 0) is 43.4 Å². The first-order valence-electron chi connectivity index (χ1n) is 46.0. The molecule has 3 N–H and O–H groups in total. The summed E-state index contributed by atoms with van der Waals surface area (Å²) in [5.74, 6) is 0. The second-order valence-corrected chi connectivity index (χ2v) is 61.9. The topological polar surface area (TPSA) is 141 Å². The van der Waals surface area contributed by atoms with E-state index in [1.54, 1.807) is 6.33 Å². The summed E-state index contributed by atoms with van der Waals surface area (Å²) in [7, 11) is -6.95. The third-order valence-corrected chi connectivity index (χ3v) is 43.0. The molecule has 22 heteroatoms. The summed E-state index contributed by atoms with van der Waals surface area (Å²) in [5.41, 5.74) is 6.17. The van der Waals surface area contributed by atoms with Crippen molar-refractivity contribution in [3.63, 3.8) is 0 Å². The molecule has 12 aromatic carbocycles. The van der Waals surface area contributed by atoms with Crippen LogP contribution in [0.25, 0.3) is 33.3 Å². The van der Waals surface area contributed by atoms with E-state index in [1.807, 2.05) is 64.5 Å². The summed E-state index contributed by atoms with van der Waals surface area (Å²) in [4.78, 5) is 20.1. The first kappa shape index (κ1) is 108. The van der Waals surface area contributed by atoms with Crippen LogP contribution < -0.4 is 69.1 Å². The van der Waals surface area contributed by atoms with Gasteiger partial charge in [-0.15, -0.1) is 0 Å². The summed E-state index contributed by atoms with van der Waals surface area (Å²) in [6.45, 7) is 30.5. The molecule has 18 aromatic rings. The van der Waals surface area contributed by atoms with E-state index < -0.39 is 63.2 Å². The Bertz CT molecular complexity index is 5470. The molecule has 0 saturated heterocycles. The van der Waals surface area contributed by atoms with Crippen LogP contribution in [0, 0.1) is 0 Å². The molecule has 702 valence electrons. The van der Waals surface area contributed by atoms with E-state index >= 15 is 0 Å². The van der Waals surface area contributed by atoms with Crippen molar-refractivity contribution in [3.05, 3.63) is 443 Å². The Balaban J connectivity index is 0.000000164. The van der Waals surface area contributed by atoms with E-state index in [0.717, 1.165) is 46.5 Å². The SMILES string of the molecule is C.CC(C)[Si](C(C)C)(C(C)C)n1ccc(B(O)O)c1.C[Si](C)(C)CCOCn1ccc2c(-c3cc[nH]c3)ncnc21.C[Si](C)(C)CCOCn1ccc2c(Cl)ncnc21.[Pd].c1ccc(P(c2ccccc2)c2ccccc2)cc1.c1ccc(P(c2ccccc2)c2ccccc2)cc1.c1ccc(P(c2ccccc2)c2ccccc2)cc1.c1ccc(P(c2ccccc2)c2ccccc2)cc1. The van der Waals surface area contributed by atoms with Crippen molar-refractivity contribution in [2.24, 2.45) is 0 Å². The molecular formula is C114H130BClN8O4P4PdSi3. The first-order valence-corrected chi connectivity index (χ1v) is 61.3. The van der Waals surface area contributed by atoms with Crippen LogP contribution in [0.4, 0.5) is 0 Å². The molecule has 0 spiro atoms. The van der Waals surface area contributed by atoms with Gasteiger partial charge in [-0.1, -0.05) is 464 Å². The third-order valence-electron chi connectivity index (χ3n) is 22.8. The molecule has 6 aromatic heterocycles. The van der Waals surface area contributed by atoms with Gasteiger partial charge >= 0.3 is 7.12 Å². The summed E-state index contributed by atoms with van der Waals surface area (Å²) in [6, 6.07) is 139. The Morgan fingerprint density at radius 3 is 0.838 bits per heavy atom. The second-order valence-electron chi connectivity index (χ2n) is 35.7. The Labute approximate surface area is 835 Å². The van der Waals surface area contributed by atoms with Crippen LogP contribution in [0.2, 0.25) is 73.1 Å². The van der Waals surface area contributed by atoms with Gasteiger partial charge in [0.25, 0.3) is 0 Å². The number of rotatable bonds is 28. The van der Waals surface area contributed by atoms with Crippen LogP contribution >= 0.6 is 43.3 Å². The van der Waals surface area contributed by atoms with Crippen LogP contribution in [0.1, 0.15) is 49.0 Å². The quantitative estimate of drug-likeness (QED) is 0.0191. The maximum Gasteiger partial charge on any atom is 0.489 e. The fraction of sp³-hybridized carbons (Fsp3) is 0.193. The van der Waals surface area contributed by atoms with Gasteiger partial charge in [0.15, 0.2) is 8.24 Å². The molecule has 0 atom stereocenters. The average molecular weight is 2040 g/mol. The smallest absolute Gasteiger partial charge is 0.423 e. The summed E-state index contributed by atoms with van der Waals surface area (Å²) in [5, 5.41) is 37.7. The molecule has 12 nitrogen and oxygen atoms in total. The van der Waals surface area contributed by atoms with Crippen molar-refractivity contribution in [3.8, 4) is 11.3 Å². The number of nitrogens with zero attached hydrogens (tertiary/aromatic N) is 7. The maximum absolute atomic E-state index is 9.28. The predicted molar refractivity (Wildman–Crippen MR) is 596 cm³/mol. The molecule has 0 saturated carbocycles. The van der Waals surface area contributed by atoms with E-state index in [4.69, 9.17) is 21.1 Å². The van der Waals surface area contributed by atoms with Gasteiger partial charge in [0.1, 0.15) is 42.6 Å². The fourth-order valence-electron chi connectivity index (χ4n) is 16.4. The minimum Gasteiger partial charge on any atom is -0.423 e. The van der Waals surface area contributed by atoms with Gasteiger partial charge in [-0.05, 0) is 166 Å². The van der Waals surface area contributed by atoms with Crippen molar-refractivity contribution in [1.29, 1.82) is 0 Å². The number of ether oxygens (including phenoxy) is 2. The van der Waals surface area contributed by atoms with Crippen molar-refractivity contribution in [2.45, 2.75) is 130 Å². The zero-order chi connectivity index (χ0) is 94.5. The van der Waals surface area contributed by atoms with Gasteiger partial charge < -0.3 is 37.9 Å². The number of halogens is 1. The van der Waals surface area contributed by atoms with E-state index in [0.29, 0.717) is 40.7 Å². The van der Waals surface area contributed by atoms with Crippen molar-refractivity contribution < 1.29 is 39.9 Å². The van der Waals surface area contributed by atoms with Crippen LogP contribution in [0.5, 0.6) is 0 Å². The number of hydrogen-bond donors (Lipinski definition) is 3. The average Bonchev–Trinajstić information content (AvgIpc) is 1.49. The monoisotopic (exact) mass is 2030 g/mol. The number of nitrogens with one attached hydrogen (secondary N) is 1. The number of benzene rings is 12. The number of H-pyrrole nitrogens is 1. The Morgan fingerprint density at radius 2 is 0.603 bits per heavy atom. The Morgan fingerprint density at radius 1 is 0.346 bits per heavy atom. The van der Waals surface area contributed by atoms with Gasteiger partial charge in [-0.3, -0.25) is 0 Å². The third kappa shape index (κ3) is 31.3. The normalized spacial score (nSPS) is 11.2. The van der Waals surface area contributed by atoms with Gasteiger partial charge in [-0.2, -0.15) is 0 Å². The van der Waals surface area contributed by atoms with Crippen molar-refractivity contribution in [1.82, 2.24) is 38.3 Å². The summed E-state index contributed by atoms with van der Waals surface area (Å²) >= 11 is 5.99.